The number of amides is 1. The average molecular weight is 404 g/mol. The largest absolute Gasteiger partial charge is 0.496 e. The van der Waals surface area contributed by atoms with Crippen molar-refractivity contribution in [3.8, 4) is 22.9 Å². The molecule has 0 bridgehead atoms. The third-order valence-electron chi connectivity index (χ3n) is 5.35. The van der Waals surface area contributed by atoms with Gasteiger partial charge in [-0.1, -0.05) is 6.08 Å². The first-order valence-corrected chi connectivity index (χ1v) is 9.76. The molecule has 0 aliphatic heterocycles. The molecule has 1 amide bonds. The van der Waals surface area contributed by atoms with E-state index in [0.29, 0.717) is 17.7 Å². The number of methoxy groups -OCH3 is 1. The summed E-state index contributed by atoms with van der Waals surface area (Å²) in [5.41, 5.74) is 4.35. The number of nitrogens with one attached hydrogen (secondary N) is 2. The average Bonchev–Trinajstić information content (AvgIpc) is 3.19. The van der Waals surface area contributed by atoms with Crippen molar-refractivity contribution in [3.05, 3.63) is 54.1 Å². The summed E-state index contributed by atoms with van der Waals surface area (Å²) in [7, 11) is 1.57. The highest BCUT2D eigenvalue weighted by molar-refractivity contribution is 5.96. The zero-order chi connectivity index (χ0) is 21.1. The van der Waals surface area contributed by atoms with E-state index < -0.39 is 0 Å². The number of pyridine rings is 1. The van der Waals surface area contributed by atoms with E-state index in [0.717, 1.165) is 40.7 Å². The summed E-state index contributed by atoms with van der Waals surface area (Å²) in [5, 5.41) is 12.4. The number of carbonyl (C=O) groups excluding carboxylic acids is 1. The molecule has 0 spiro atoms. The molecular formula is C23H21FN4O2. The highest BCUT2D eigenvalue weighted by Crippen LogP contribution is 2.37. The number of halogens is 1. The molecule has 1 aromatic carbocycles. The van der Waals surface area contributed by atoms with Gasteiger partial charge in [-0.25, -0.2) is 9.37 Å². The van der Waals surface area contributed by atoms with Gasteiger partial charge in [0.1, 0.15) is 23.6 Å². The number of allylic oxidation sites excluding steroid dienone is 1. The fourth-order valence-corrected chi connectivity index (χ4v) is 3.89. The number of H-pyrrole nitrogens is 1. The van der Waals surface area contributed by atoms with Gasteiger partial charge in [0, 0.05) is 28.9 Å². The quantitative estimate of drug-likeness (QED) is 0.662. The van der Waals surface area contributed by atoms with Crippen LogP contribution in [0, 0.1) is 17.1 Å². The molecule has 1 unspecified atom stereocenters. The van der Waals surface area contributed by atoms with Gasteiger partial charge < -0.3 is 15.0 Å². The normalized spacial score (nSPS) is 16.0. The summed E-state index contributed by atoms with van der Waals surface area (Å²) in [4.78, 5) is 19.4. The van der Waals surface area contributed by atoms with E-state index in [1.165, 1.54) is 12.1 Å². The Hall–Kier alpha value is -3.66. The van der Waals surface area contributed by atoms with E-state index in [2.05, 4.69) is 21.4 Å². The van der Waals surface area contributed by atoms with Crippen LogP contribution in [-0.2, 0) is 4.79 Å². The molecule has 0 radical (unpaired) electrons. The highest BCUT2D eigenvalue weighted by atomic mass is 19.1. The second-order valence-electron chi connectivity index (χ2n) is 7.25. The Morgan fingerprint density at radius 1 is 1.37 bits per heavy atom. The maximum Gasteiger partial charge on any atom is 0.234 e. The summed E-state index contributed by atoms with van der Waals surface area (Å²) in [5.74, 6) is 0.0355. The van der Waals surface area contributed by atoms with Crippen LogP contribution in [0.15, 0.2) is 42.6 Å². The molecule has 1 aliphatic rings. The van der Waals surface area contributed by atoms with Gasteiger partial charge in [0.25, 0.3) is 0 Å². The molecule has 1 aliphatic carbocycles. The lowest BCUT2D eigenvalue weighted by Gasteiger charge is -2.22. The number of carbonyl (C=O) groups is 1. The number of nitriles is 1. The van der Waals surface area contributed by atoms with E-state index >= 15 is 0 Å². The molecule has 152 valence electrons. The zero-order valence-corrected chi connectivity index (χ0v) is 16.5. The van der Waals surface area contributed by atoms with Gasteiger partial charge >= 0.3 is 0 Å². The van der Waals surface area contributed by atoms with Crippen LogP contribution in [0.5, 0.6) is 5.75 Å². The Morgan fingerprint density at radius 2 is 2.23 bits per heavy atom. The number of aromatic amines is 1. The van der Waals surface area contributed by atoms with Gasteiger partial charge in [0.15, 0.2) is 0 Å². The minimum absolute atomic E-state index is 0.0456. The first kappa shape index (κ1) is 19.6. The van der Waals surface area contributed by atoms with E-state index in [1.807, 2.05) is 18.2 Å². The Kier molecular flexibility index (Phi) is 5.48. The fourth-order valence-electron chi connectivity index (χ4n) is 3.89. The molecule has 2 N–H and O–H groups in total. The van der Waals surface area contributed by atoms with Crippen molar-refractivity contribution in [1.29, 1.82) is 5.26 Å². The molecule has 2 aromatic heterocycles. The molecule has 3 aromatic rings. The van der Waals surface area contributed by atoms with Crippen LogP contribution in [-0.4, -0.2) is 29.0 Å². The van der Waals surface area contributed by atoms with E-state index in [9.17, 15) is 9.18 Å². The van der Waals surface area contributed by atoms with Crippen LogP contribution in [0.1, 0.15) is 31.4 Å². The second kappa shape index (κ2) is 8.37. The molecule has 0 fully saturated rings. The van der Waals surface area contributed by atoms with Crippen LogP contribution < -0.4 is 10.1 Å². The molecule has 7 heteroatoms. The number of fused-ring (bicyclic) bond motifs is 1. The maximum atomic E-state index is 13.9. The lowest BCUT2D eigenvalue weighted by molar-refractivity contribution is -0.120. The molecule has 4 rings (SSSR count). The third-order valence-corrected chi connectivity index (χ3v) is 5.35. The summed E-state index contributed by atoms with van der Waals surface area (Å²) < 4.78 is 19.3. The number of hydrogen-bond acceptors (Lipinski definition) is 4. The first-order chi connectivity index (χ1) is 14.6. The van der Waals surface area contributed by atoms with E-state index in [-0.39, 0.29) is 24.2 Å². The van der Waals surface area contributed by atoms with Crippen molar-refractivity contribution < 1.29 is 13.9 Å². The number of ether oxygens (including phenoxy) is 1. The first-order valence-electron chi connectivity index (χ1n) is 9.76. The minimum Gasteiger partial charge on any atom is -0.496 e. The monoisotopic (exact) mass is 404 g/mol. The SMILES string of the molecule is COc1ccc(F)cc1-c1ccnc2[nH]c(C3=CCC(NC(=O)CC#N)CC3)cc12. The van der Waals surface area contributed by atoms with Crippen molar-refractivity contribution in [2.45, 2.75) is 31.7 Å². The van der Waals surface area contributed by atoms with Crippen molar-refractivity contribution >= 4 is 22.5 Å². The maximum absolute atomic E-state index is 13.9. The Balaban J connectivity index is 1.64. The number of hydrogen-bond donors (Lipinski definition) is 2. The smallest absolute Gasteiger partial charge is 0.234 e. The van der Waals surface area contributed by atoms with Crippen LogP contribution in [0.4, 0.5) is 4.39 Å². The summed E-state index contributed by atoms with van der Waals surface area (Å²) in [6.45, 7) is 0. The summed E-state index contributed by atoms with van der Waals surface area (Å²) in [6.07, 6.45) is 5.98. The molecular weight excluding hydrogens is 383 g/mol. The van der Waals surface area contributed by atoms with Gasteiger partial charge in [-0.3, -0.25) is 4.79 Å². The Labute approximate surface area is 173 Å². The Morgan fingerprint density at radius 3 is 2.97 bits per heavy atom. The van der Waals surface area contributed by atoms with E-state index in [4.69, 9.17) is 10.00 Å². The van der Waals surface area contributed by atoms with Crippen molar-refractivity contribution in [2.75, 3.05) is 7.11 Å². The van der Waals surface area contributed by atoms with Gasteiger partial charge in [-0.15, -0.1) is 0 Å². The number of benzene rings is 1. The summed E-state index contributed by atoms with van der Waals surface area (Å²) >= 11 is 0. The van der Waals surface area contributed by atoms with Crippen molar-refractivity contribution in [3.63, 3.8) is 0 Å². The minimum atomic E-state index is -0.328. The molecule has 1 atom stereocenters. The molecule has 2 heterocycles. The topological polar surface area (TPSA) is 90.8 Å². The second-order valence-corrected chi connectivity index (χ2v) is 7.25. The number of nitrogens with zero attached hydrogens (tertiary/aromatic N) is 2. The lowest BCUT2D eigenvalue weighted by Crippen LogP contribution is -2.35. The van der Waals surface area contributed by atoms with Gasteiger partial charge in [-0.05, 0) is 60.7 Å². The van der Waals surface area contributed by atoms with Gasteiger partial charge in [0.2, 0.25) is 5.91 Å². The standard InChI is InChI=1S/C23H21FN4O2/c1-30-21-7-4-15(24)12-18(21)17-9-11-26-23-19(17)13-20(28-23)14-2-5-16(6-3-14)27-22(29)8-10-25/h2,4,7,9,11-13,16H,3,5-6,8H2,1H3,(H,26,28)(H,27,29). The molecule has 0 saturated carbocycles. The zero-order valence-electron chi connectivity index (χ0n) is 16.5. The van der Waals surface area contributed by atoms with Crippen molar-refractivity contribution in [2.24, 2.45) is 0 Å². The fraction of sp³-hybridized carbons (Fsp3) is 0.261. The highest BCUT2D eigenvalue weighted by Gasteiger charge is 2.19. The molecule has 30 heavy (non-hydrogen) atoms. The number of aromatic nitrogens is 2. The van der Waals surface area contributed by atoms with Crippen LogP contribution in [0.2, 0.25) is 0 Å². The van der Waals surface area contributed by atoms with E-state index in [1.54, 1.807) is 19.4 Å². The molecule has 0 saturated heterocycles. The van der Waals surface area contributed by atoms with Crippen LogP contribution >= 0.6 is 0 Å². The number of rotatable bonds is 5. The molecule has 6 nitrogen and oxygen atoms in total. The third kappa shape index (κ3) is 3.90. The van der Waals surface area contributed by atoms with Gasteiger partial charge in [-0.2, -0.15) is 5.26 Å². The lowest BCUT2D eigenvalue weighted by atomic mass is 9.93. The summed E-state index contributed by atoms with van der Waals surface area (Å²) in [6, 6.07) is 10.3. The van der Waals surface area contributed by atoms with Crippen LogP contribution in [0.3, 0.4) is 0 Å². The van der Waals surface area contributed by atoms with Gasteiger partial charge in [0.05, 0.1) is 13.2 Å². The predicted molar refractivity (Wildman–Crippen MR) is 112 cm³/mol. The van der Waals surface area contributed by atoms with Crippen LogP contribution in [0.25, 0.3) is 27.7 Å². The van der Waals surface area contributed by atoms with Crippen molar-refractivity contribution in [1.82, 2.24) is 15.3 Å². The predicted octanol–water partition coefficient (Wildman–Crippen LogP) is 4.34. The Bertz CT molecular complexity index is 1180.